The Labute approximate surface area is 151 Å². The van der Waals surface area contributed by atoms with E-state index in [-0.39, 0.29) is 11.7 Å². The summed E-state index contributed by atoms with van der Waals surface area (Å²) in [7, 11) is 1.86. The molecule has 0 aliphatic carbocycles. The molecule has 0 bridgehead atoms. The van der Waals surface area contributed by atoms with Gasteiger partial charge in [-0.15, -0.1) is 0 Å². The molecule has 2 aromatic heterocycles. The van der Waals surface area contributed by atoms with Crippen LogP contribution in [0.1, 0.15) is 35.2 Å². The minimum absolute atomic E-state index is 0.116. The summed E-state index contributed by atoms with van der Waals surface area (Å²) in [5, 5.41) is 7.38. The number of halogens is 1. The summed E-state index contributed by atoms with van der Waals surface area (Å²) in [4.78, 5) is 16.9. The van der Waals surface area contributed by atoms with Crippen molar-refractivity contribution in [3.63, 3.8) is 0 Å². The van der Waals surface area contributed by atoms with Gasteiger partial charge in [0.2, 0.25) is 5.91 Å². The fraction of sp³-hybridized carbons (Fsp3) is 0.316. The number of amides is 1. The molecule has 1 aromatic carbocycles. The van der Waals surface area contributed by atoms with Gasteiger partial charge in [0.1, 0.15) is 17.7 Å². The standard InChI is InChI=1S/C19H22FN5O/c1-13-12-14(2)25(23-13)10-8-17(26)22-18(19-21-9-11-24(19)3)15-4-6-16(20)7-5-15/h4-7,9,11-12,18H,8,10H2,1-3H3,(H,22,26)/t18-/m1/s1. The maximum atomic E-state index is 13.3. The zero-order chi connectivity index (χ0) is 18.7. The summed E-state index contributed by atoms with van der Waals surface area (Å²) in [5.74, 6) is 0.258. The van der Waals surface area contributed by atoms with Crippen LogP contribution in [0.4, 0.5) is 4.39 Å². The Morgan fingerprint density at radius 1 is 1.27 bits per heavy atom. The SMILES string of the molecule is Cc1cc(C)n(CCC(=O)N[C@H](c2ccc(F)cc2)c2nccn2C)n1. The Morgan fingerprint density at radius 2 is 2.00 bits per heavy atom. The molecule has 136 valence electrons. The molecule has 0 saturated heterocycles. The average Bonchev–Trinajstić information content (AvgIpc) is 3.16. The van der Waals surface area contributed by atoms with Crippen LogP contribution in [-0.2, 0) is 18.4 Å². The molecule has 0 radical (unpaired) electrons. The molecule has 0 aliphatic rings. The van der Waals surface area contributed by atoms with Crippen LogP contribution in [-0.4, -0.2) is 25.2 Å². The molecular formula is C19H22FN5O. The number of benzene rings is 1. The van der Waals surface area contributed by atoms with E-state index in [1.807, 2.05) is 42.4 Å². The van der Waals surface area contributed by atoms with E-state index >= 15 is 0 Å². The fourth-order valence-electron chi connectivity index (χ4n) is 2.95. The van der Waals surface area contributed by atoms with Crippen molar-refractivity contribution in [3.8, 4) is 0 Å². The highest BCUT2D eigenvalue weighted by molar-refractivity contribution is 5.76. The molecule has 6 nitrogen and oxygen atoms in total. The number of nitrogens with one attached hydrogen (secondary N) is 1. The summed E-state index contributed by atoms with van der Waals surface area (Å²) in [6.45, 7) is 4.39. The molecule has 2 heterocycles. The first-order valence-electron chi connectivity index (χ1n) is 8.47. The lowest BCUT2D eigenvalue weighted by atomic mass is 10.1. The van der Waals surface area contributed by atoms with Gasteiger partial charge in [-0.25, -0.2) is 9.37 Å². The first-order valence-corrected chi connectivity index (χ1v) is 8.47. The molecule has 1 atom stereocenters. The zero-order valence-electron chi connectivity index (χ0n) is 15.1. The van der Waals surface area contributed by atoms with Gasteiger partial charge in [-0.05, 0) is 37.6 Å². The molecule has 0 saturated carbocycles. The minimum Gasteiger partial charge on any atom is -0.342 e. The average molecular weight is 355 g/mol. The van der Waals surface area contributed by atoms with Crippen LogP contribution in [0.3, 0.4) is 0 Å². The number of aryl methyl sites for hydroxylation is 4. The molecule has 0 aliphatic heterocycles. The van der Waals surface area contributed by atoms with E-state index in [0.717, 1.165) is 17.0 Å². The molecule has 0 fully saturated rings. The van der Waals surface area contributed by atoms with Crippen LogP contribution in [0, 0.1) is 19.7 Å². The van der Waals surface area contributed by atoms with Crippen LogP contribution in [0.5, 0.6) is 0 Å². The predicted octanol–water partition coefficient (Wildman–Crippen LogP) is 2.67. The molecular weight excluding hydrogens is 333 g/mol. The van der Waals surface area contributed by atoms with Crippen molar-refractivity contribution in [2.75, 3.05) is 0 Å². The van der Waals surface area contributed by atoms with Crippen molar-refractivity contribution < 1.29 is 9.18 Å². The molecule has 0 spiro atoms. The van der Waals surface area contributed by atoms with Crippen LogP contribution in [0.15, 0.2) is 42.7 Å². The number of hydrogen-bond acceptors (Lipinski definition) is 3. The maximum Gasteiger partial charge on any atom is 0.222 e. The lowest BCUT2D eigenvalue weighted by molar-refractivity contribution is -0.121. The lowest BCUT2D eigenvalue weighted by Crippen LogP contribution is -2.31. The van der Waals surface area contributed by atoms with Crippen LogP contribution < -0.4 is 5.32 Å². The Balaban J connectivity index is 1.75. The van der Waals surface area contributed by atoms with Gasteiger partial charge in [-0.2, -0.15) is 5.10 Å². The second-order valence-electron chi connectivity index (χ2n) is 6.35. The van der Waals surface area contributed by atoms with Gasteiger partial charge in [-0.1, -0.05) is 12.1 Å². The third-order valence-corrected chi connectivity index (χ3v) is 4.28. The smallest absolute Gasteiger partial charge is 0.222 e. The third kappa shape index (κ3) is 3.99. The Morgan fingerprint density at radius 3 is 2.58 bits per heavy atom. The molecule has 26 heavy (non-hydrogen) atoms. The van der Waals surface area contributed by atoms with E-state index in [0.29, 0.717) is 18.8 Å². The normalized spacial score (nSPS) is 12.2. The summed E-state index contributed by atoms with van der Waals surface area (Å²) in [6, 6.07) is 7.63. The van der Waals surface area contributed by atoms with Crippen molar-refractivity contribution in [2.45, 2.75) is 32.9 Å². The quantitative estimate of drug-likeness (QED) is 0.739. The number of aromatic nitrogens is 4. The number of hydrogen-bond donors (Lipinski definition) is 1. The zero-order valence-corrected chi connectivity index (χ0v) is 15.1. The second kappa shape index (κ2) is 7.51. The van der Waals surface area contributed by atoms with E-state index in [4.69, 9.17) is 0 Å². The van der Waals surface area contributed by atoms with Crippen molar-refractivity contribution in [1.29, 1.82) is 0 Å². The predicted molar refractivity (Wildman–Crippen MR) is 95.9 cm³/mol. The van der Waals surface area contributed by atoms with E-state index in [2.05, 4.69) is 15.4 Å². The number of rotatable bonds is 6. The van der Waals surface area contributed by atoms with E-state index in [1.165, 1.54) is 12.1 Å². The number of carbonyl (C=O) groups is 1. The van der Waals surface area contributed by atoms with Crippen LogP contribution in [0.2, 0.25) is 0 Å². The second-order valence-corrected chi connectivity index (χ2v) is 6.35. The number of nitrogens with zero attached hydrogens (tertiary/aromatic N) is 4. The fourth-order valence-corrected chi connectivity index (χ4v) is 2.95. The number of carbonyl (C=O) groups excluding carboxylic acids is 1. The highest BCUT2D eigenvalue weighted by Crippen LogP contribution is 2.21. The van der Waals surface area contributed by atoms with Gasteiger partial charge in [-0.3, -0.25) is 9.48 Å². The minimum atomic E-state index is -0.441. The topological polar surface area (TPSA) is 64.7 Å². The maximum absolute atomic E-state index is 13.3. The summed E-state index contributed by atoms with van der Waals surface area (Å²) in [5.41, 5.74) is 2.73. The van der Waals surface area contributed by atoms with Gasteiger partial charge in [0.15, 0.2) is 0 Å². The van der Waals surface area contributed by atoms with E-state index in [9.17, 15) is 9.18 Å². The van der Waals surface area contributed by atoms with Gasteiger partial charge in [0, 0.05) is 38.1 Å². The van der Waals surface area contributed by atoms with Gasteiger partial charge >= 0.3 is 0 Å². The van der Waals surface area contributed by atoms with Crippen molar-refractivity contribution >= 4 is 5.91 Å². The van der Waals surface area contributed by atoms with Crippen LogP contribution >= 0.6 is 0 Å². The lowest BCUT2D eigenvalue weighted by Gasteiger charge is -2.19. The van der Waals surface area contributed by atoms with E-state index < -0.39 is 6.04 Å². The van der Waals surface area contributed by atoms with Crippen molar-refractivity contribution in [1.82, 2.24) is 24.6 Å². The highest BCUT2D eigenvalue weighted by Gasteiger charge is 2.21. The summed E-state index contributed by atoms with van der Waals surface area (Å²) >= 11 is 0. The van der Waals surface area contributed by atoms with Gasteiger partial charge in [0.05, 0.1) is 5.69 Å². The third-order valence-electron chi connectivity index (χ3n) is 4.28. The Bertz CT molecular complexity index is 897. The summed E-state index contributed by atoms with van der Waals surface area (Å²) in [6.07, 6.45) is 3.78. The molecule has 3 aromatic rings. The Kier molecular flexibility index (Phi) is 5.16. The highest BCUT2D eigenvalue weighted by atomic mass is 19.1. The van der Waals surface area contributed by atoms with Gasteiger partial charge in [0.25, 0.3) is 0 Å². The van der Waals surface area contributed by atoms with Crippen molar-refractivity contribution in [3.05, 3.63) is 71.3 Å². The largest absolute Gasteiger partial charge is 0.342 e. The Hall–Kier alpha value is -2.96. The van der Waals surface area contributed by atoms with Gasteiger partial charge < -0.3 is 9.88 Å². The number of imidazole rings is 1. The molecule has 0 unspecified atom stereocenters. The van der Waals surface area contributed by atoms with Crippen molar-refractivity contribution in [2.24, 2.45) is 7.05 Å². The molecule has 3 rings (SSSR count). The molecule has 7 heteroatoms. The monoisotopic (exact) mass is 355 g/mol. The first kappa shape index (κ1) is 17.8. The first-order chi connectivity index (χ1) is 12.4. The molecule has 1 amide bonds. The van der Waals surface area contributed by atoms with Crippen LogP contribution in [0.25, 0.3) is 0 Å². The van der Waals surface area contributed by atoms with E-state index in [1.54, 1.807) is 18.3 Å². The molecule has 1 N–H and O–H groups in total. The summed E-state index contributed by atoms with van der Waals surface area (Å²) < 4.78 is 16.9.